The van der Waals surface area contributed by atoms with Gasteiger partial charge in [-0.15, -0.1) is 0 Å². The van der Waals surface area contributed by atoms with E-state index in [1.807, 2.05) is 31.2 Å². The lowest BCUT2D eigenvalue weighted by atomic mass is 10.1. The van der Waals surface area contributed by atoms with Gasteiger partial charge in [0, 0.05) is 18.7 Å². The Kier molecular flexibility index (Phi) is 6.38. The number of benzene rings is 2. The van der Waals surface area contributed by atoms with E-state index in [2.05, 4.69) is 10.1 Å². The molecular weight excluding hydrogens is 430 g/mol. The summed E-state index contributed by atoms with van der Waals surface area (Å²) in [6.45, 7) is 4.49. The Morgan fingerprint density at radius 3 is 2.50 bits per heavy atom. The molecule has 0 aliphatic carbocycles. The van der Waals surface area contributed by atoms with Gasteiger partial charge in [0.25, 0.3) is 5.89 Å². The zero-order chi connectivity index (χ0) is 22.7. The first-order chi connectivity index (χ1) is 15.3. The van der Waals surface area contributed by atoms with Crippen LogP contribution in [0, 0.1) is 13.8 Å². The Hall–Kier alpha value is -3.04. The van der Waals surface area contributed by atoms with Crippen LogP contribution in [0.2, 0.25) is 0 Å². The zero-order valence-electron chi connectivity index (χ0n) is 18.1. The van der Waals surface area contributed by atoms with Crippen LogP contribution in [-0.4, -0.2) is 41.9 Å². The minimum Gasteiger partial charge on any atom is -0.452 e. The molecule has 1 aliphatic rings. The third kappa shape index (κ3) is 4.73. The largest absolute Gasteiger partial charge is 0.452 e. The van der Waals surface area contributed by atoms with Crippen molar-refractivity contribution in [1.82, 2.24) is 14.4 Å². The van der Waals surface area contributed by atoms with Crippen molar-refractivity contribution in [2.24, 2.45) is 0 Å². The lowest BCUT2D eigenvalue weighted by Gasteiger charge is -2.26. The summed E-state index contributed by atoms with van der Waals surface area (Å²) in [6, 6.07) is 12.2. The molecule has 1 saturated heterocycles. The third-order valence-electron chi connectivity index (χ3n) is 5.46. The smallest absolute Gasteiger partial charge is 0.338 e. The van der Waals surface area contributed by atoms with Gasteiger partial charge in [0.1, 0.15) is 0 Å². The quantitative estimate of drug-likeness (QED) is 0.520. The molecule has 1 aromatic heterocycles. The van der Waals surface area contributed by atoms with Crippen molar-refractivity contribution < 1.29 is 22.5 Å². The normalized spacial score (nSPS) is 14.9. The number of sulfonamides is 1. The van der Waals surface area contributed by atoms with E-state index in [-0.39, 0.29) is 23.0 Å². The number of rotatable bonds is 6. The van der Waals surface area contributed by atoms with Crippen LogP contribution in [0.5, 0.6) is 0 Å². The third-order valence-corrected chi connectivity index (χ3v) is 7.50. The minimum atomic E-state index is -3.66. The second-order valence-electron chi connectivity index (χ2n) is 7.90. The molecule has 0 N–H and O–H groups in total. The molecule has 0 unspecified atom stereocenters. The summed E-state index contributed by atoms with van der Waals surface area (Å²) in [5.41, 5.74) is 2.66. The second-order valence-corrected chi connectivity index (χ2v) is 9.81. The summed E-state index contributed by atoms with van der Waals surface area (Å²) in [7, 11) is -3.66. The fourth-order valence-corrected chi connectivity index (χ4v) is 5.36. The monoisotopic (exact) mass is 455 g/mol. The summed E-state index contributed by atoms with van der Waals surface area (Å²) in [5, 5.41) is 3.91. The van der Waals surface area contributed by atoms with Crippen LogP contribution in [-0.2, 0) is 21.4 Å². The fraction of sp³-hybridized carbons (Fsp3) is 0.348. The summed E-state index contributed by atoms with van der Waals surface area (Å²) >= 11 is 0. The van der Waals surface area contributed by atoms with Gasteiger partial charge in [0.2, 0.25) is 15.8 Å². The lowest BCUT2D eigenvalue weighted by Crippen LogP contribution is -2.36. The van der Waals surface area contributed by atoms with E-state index in [1.54, 1.807) is 19.1 Å². The van der Waals surface area contributed by atoms with Crippen LogP contribution in [0.1, 0.15) is 46.6 Å². The van der Waals surface area contributed by atoms with Crippen LogP contribution in [0.3, 0.4) is 0 Å². The lowest BCUT2D eigenvalue weighted by molar-refractivity contribution is 0.0429. The second kappa shape index (κ2) is 9.22. The van der Waals surface area contributed by atoms with E-state index >= 15 is 0 Å². The molecule has 4 rings (SSSR count). The Bertz CT molecular complexity index is 1210. The van der Waals surface area contributed by atoms with Crippen LogP contribution in [0.4, 0.5) is 0 Å². The summed E-state index contributed by atoms with van der Waals surface area (Å²) in [6.07, 6.45) is 2.71. The standard InChI is InChI=1S/C23H25N3O5S/c1-16-6-9-18(10-7-16)22-24-21(31-25-22)15-30-23(27)19-11-8-17(2)20(14-19)32(28,29)26-12-4-3-5-13-26/h6-11,14H,3-5,12-13,15H2,1-2H3. The maximum absolute atomic E-state index is 13.1. The van der Waals surface area contributed by atoms with Crippen molar-refractivity contribution in [3.8, 4) is 11.4 Å². The van der Waals surface area contributed by atoms with Crippen molar-refractivity contribution in [1.29, 1.82) is 0 Å². The van der Waals surface area contributed by atoms with Gasteiger partial charge in [-0.3, -0.25) is 0 Å². The number of aryl methyl sites for hydroxylation is 2. The van der Waals surface area contributed by atoms with E-state index in [0.29, 0.717) is 24.5 Å². The van der Waals surface area contributed by atoms with Crippen molar-refractivity contribution in [2.75, 3.05) is 13.1 Å². The summed E-state index contributed by atoms with van der Waals surface area (Å²) in [4.78, 5) is 17.0. The highest BCUT2D eigenvalue weighted by atomic mass is 32.2. The molecule has 3 aromatic rings. The zero-order valence-corrected chi connectivity index (χ0v) is 18.9. The van der Waals surface area contributed by atoms with Gasteiger partial charge < -0.3 is 9.26 Å². The number of carbonyl (C=O) groups is 1. The molecule has 0 bridgehead atoms. The van der Waals surface area contributed by atoms with E-state index < -0.39 is 16.0 Å². The Morgan fingerprint density at radius 2 is 1.78 bits per heavy atom. The molecule has 0 spiro atoms. The molecule has 32 heavy (non-hydrogen) atoms. The van der Waals surface area contributed by atoms with Crippen LogP contribution >= 0.6 is 0 Å². The molecule has 168 valence electrons. The molecule has 8 nitrogen and oxygen atoms in total. The maximum atomic E-state index is 13.1. The molecule has 1 fully saturated rings. The number of nitrogens with zero attached hydrogens (tertiary/aromatic N) is 3. The number of ether oxygens (including phenoxy) is 1. The molecule has 1 aliphatic heterocycles. The molecule has 9 heteroatoms. The predicted octanol–water partition coefficient (Wildman–Crippen LogP) is 3.89. The molecular formula is C23H25N3O5S. The minimum absolute atomic E-state index is 0.133. The summed E-state index contributed by atoms with van der Waals surface area (Å²) < 4.78 is 38.1. The molecule has 0 amide bonds. The average Bonchev–Trinajstić information content (AvgIpc) is 3.28. The Balaban J connectivity index is 1.46. The predicted molar refractivity (Wildman–Crippen MR) is 117 cm³/mol. The highest BCUT2D eigenvalue weighted by Gasteiger charge is 2.28. The molecule has 0 radical (unpaired) electrons. The van der Waals surface area contributed by atoms with Crippen LogP contribution in [0.15, 0.2) is 51.9 Å². The Labute approximate surface area is 187 Å². The van der Waals surface area contributed by atoms with Crippen LogP contribution < -0.4 is 0 Å². The van der Waals surface area contributed by atoms with Gasteiger partial charge in [-0.25, -0.2) is 13.2 Å². The molecule has 0 saturated carbocycles. The first kappa shape index (κ1) is 22.2. The van der Waals surface area contributed by atoms with Gasteiger partial charge in [-0.2, -0.15) is 9.29 Å². The van der Waals surface area contributed by atoms with Gasteiger partial charge >= 0.3 is 5.97 Å². The highest BCUT2D eigenvalue weighted by Crippen LogP contribution is 2.25. The van der Waals surface area contributed by atoms with Crippen molar-refractivity contribution in [3.05, 3.63) is 65.0 Å². The molecule has 0 atom stereocenters. The van der Waals surface area contributed by atoms with Crippen molar-refractivity contribution in [3.63, 3.8) is 0 Å². The fourth-order valence-electron chi connectivity index (χ4n) is 3.59. The van der Waals surface area contributed by atoms with E-state index in [0.717, 1.165) is 30.4 Å². The van der Waals surface area contributed by atoms with Gasteiger partial charge in [0.05, 0.1) is 10.5 Å². The van der Waals surface area contributed by atoms with Gasteiger partial charge in [-0.1, -0.05) is 47.5 Å². The highest BCUT2D eigenvalue weighted by molar-refractivity contribution is 7.89. The first-order valence-electron chi connectivity index (χ1n) is 10.5. The van der Waals surface area contributed by atoms with E-state index in [1.165, 1.54) is 10.4 Å². The average molecular weight is 456 g/mol. The SMILES string of the molecule is Cc1ccc(-c2noc(COC(=O)c3ccc(C)c(S(=O)(=O)N4CCCCC4)c3)n2)cc1. The molecule has 2 heterocycles. The molecule has 2 aromatic carbocycles. The van der Waals surface area contributed by atoms with Crippen molar-refractivity contribution in [2.45, 2.75) is 44.6 Å². The van der Waals surface area contributed by atoms with E-state index in [9.17, 15) is 13.2 Å². The van der Waals surface area contributed by atoms with E-state index in [4.69, 9.17) is 9.26 Å². The first-order valence-corrected chi connectivity index (χ1v) is 12.0. The number of aromatic nitrogens is 2. The number of esters is 1. The maximum Gasteiger partial charge on any atom is 0.338 e. The Morgan fingerprint density at radius 1 is 1.06 bits per heavy atom. The number of piperidine rings is 1. The van der Waals surface area contributed by atoms with Gasteiger partial charge in [0.15, 0.2) is 6.61 Å². The van der Waals surface area contributed by atoms with Crippen LogP contribution in [0.25, 0.3) is 11.4 Å². The number of hydrogen-bond acceptors (Lipinski definition) is 7. The van der Waals surface area contributed by atoms with Crippen molar-refractivity contribution >= 4 is 16.0 Å². The van der Waals surface area contributed by atoms with Gasteiger partial charge in [-0.05, 0) is 44.4 Å². The number of hydrogen-bond donors (Lipinski definition) is 0. The summed E-state index contributed by atoms with van der Waals surface area (Å²) in [5.74, 6) is -0.0984. The topological polar surface area (TPSA) is 103 Å². The number of carbonyl (C=O) groups excluding carboxylic acids is 1.